The summed E-state index contributed by atoms with van der Waals surface area (Å²) in [5, 5.41) is 6.21. The average molecular weight is 535 g/mol. The molecule has 2 heterocycles. The van der Waals surface area contributed by atoms with Gasteiger partial charge in [-0.2, -0.15) is 15.1 Å². The molecule has 0 saturated carbocycles. The van der Waals surface area contributed by atoms with Gasteiger partial charge in [-0.05, 0) is 87.0 Å². The van der Waals surface area contributed by atoms with Gasteiger partial charge in [-0.1, -0.05) is 103 Å². The van der Waals surface area contributed by atoms with Gasteiger partial charge in [0.15, 0.2) is 0 Å². The van der Waals surface area contributed by atoms with Crippen LogP contribution in [0.4, 0.5) is 0 Å². The first kappa shape index (κ1) is 24.4. The summed E-state index contributed by atoms with van der Waals surface area (Å²) in [6.07, 6.45) is 1.02. The van der Waals surface area contributed by atoms with Crippen LogP contribution in [0, 0.1) is 0 Å². The van der Waals surface area contributed by atoms with Crippen LogP contribution in [0.15, 0.2) is 172 Å². The zero-order chi connectivity index (χ0) is 26.8. The molecule has 0 aliphatic heterocycles. The van der Waals surface area contributed by atoms with E-state index in [4.69, 9.17) is 5.10 Å². The summed E-state index contributed by atoms with van der Waals surface area (Å²) in [6.45, 7) is 0. The monoisotopic (exact) mass is 534 g/mol. The number of fused-ring (bicyclic) bond motifs is 3. The van der Waals surface area contributed by atoms with Crippen molar-refractivity contribution in [2.45, 2.75) is 21.1 Å². The van der Waals surface area contributed by atoms with Gasteiger partial charge in [-0.25, -0.2) is 4.52 Å². The Kier molecular flexibility index (Phi) is 6.43. The number of aromatic nitrogens is 2. The fourth-order valence-corrected chi connectivity index (χ4v) is 9.60. The minimum atomic E-state index is -1.51. The van der Waals surface area contributed by atoms with Crippen molar-refractivity contribution in [3.8, 4) is 11.3 Å². The highest BCUT2D eigenvalue weighted by molar-refractivity contribution is 8.33. The van der Waals surface area contributed by atoms with Gasteiger partial charge in [-0.3, -0.25) is 0 Å². The van der Waals surface area contributed by atoms with Crippen LogP contribution < -0.4 is 0 Å². The van der Waals surface area contributed by atoms with Crippen LogP contribution in [0.2, 0.25) is 0 Å². The van der Waals surface area contributed by atoms with Crippen molar-refractivity contribution in [2.75, 3.05) is 5.75 Å². The third-order valence-corrected chi connectivity index (χ3v) is 11.8. The molecule has 0 atom stereocenters. The quantitative estimate of drug-likeness (QED) is 0.199. The van der Waals surface area contributed by atoms with Crippen molar-refractivity contribution in [3.05, 3.63) is 163 Å². The molecule has 0 aliphatic carbocycles. The molecular formula is C37H30N2S. The van der Waals surface area contributed by atoms with Gasteiger partial charge >= 0.3 is 0 Å². The van der Waals surface area contributed by atoms with Crippen LogP contribution in [0.5, 0.6) is 0 Å². The second-order valence-electron chi connectivity index (χ2n) is 10.1. The van der Waals surface area contributed by atoms with E-state index in [1.54, 1.807) is 0 Å². The molecule has 2 aromatic heterocycles. The molecule has 3 heteroatoms. The Labute approximate surface area is 236 Å². The van der Waals surface area contributed by atoms with Crippen LogP contribution in [-0.4, -0.2) is 15.4 Å². The van der Waals surface area contributed by atoms with Crippen LogP contribution in [-0.2, 0) is 6.42 Å². The van der Waals surface area contributed by atoms with Crippen molar-refractivity contribution in [1.29, 1.82) is 0 Å². The van der Waals surface area contributed by atoms with E-state index in [2.05, 4.69) is 162 Å². The molecule has 7 aromatic rings. The van der Waals surface area contributed by atoms with Gasteiger partial charge in [0.25, 0.3) is 0 Å². The summed E-state index contributed by atoms with van der Waals surface area (Å²) in [6, 6.07) is 57.2. The maximum atomic E-state index is 5.02. The van der Waals surface area contributed by atoms with E-state index >= 15 is 0 Å². The van der Waals surface area contributed by atoms with Crippen molar-refractivity contribution >= 4 is 26.4 Å². The topological polar surface area (TPSA) is 17.3 Å². The Morgan fingerprint density at radius 2 is 1.10 bits per heavy atom. The van der Waals surface area contributed by atoms with Crippen molar-refractivity contribution in [2.24, 2.45) is 0 Å². The van der Waals surface area contributed by atoms with Crippen molar-refractivity contribution in [1.82, 2.24) is 9.61 Å². The van der Waals surface area contributed by atoms with E-state index in [9.17, 15) is 0 Å². The lowest BCUT2D eigenvalue weighted by atomic mass is 10.1. The smallest absolute Gasteiger partial charge is 0.0933 e. The standard InChI is InChI=1S/C37H30N2S/c1-4-12-29(13-5-1)26-27-40(33-15-6-2-7-16-33,34-17-8-3-9-18-34)35-24-21-30(22-25-35)36-28-32-23-20-31-14-10-11-19-37(31)39(32)38-36/h1-25,28H,26-27H2. The Hall–Kier alpha value is -4.60. The summed E-state index contributed by atoms with van der Waals surface area (Å²) in [5.74, 6) is 1.05. The molecule has 0 bridgehead atoms. The third kappa shape index (κ3) is 4.39. The Balaban J connectivity index is 1.35. The molecule has 0 fully saturated rings. The predicted molar refractivity (Wildman–Crippen MR) is 168 cm³/mol. The second kappa shape index (κ2) is 10.5. The Morgan fingerprint density at radius 3 is 1.77 bits per heavy atom. The molecule has 0 unspecified atom stereocenters. The van der Waals surface area contributed by atoms with Gasteiger partial charge in [0.1, 0.15) is 0 Å². The predicted octanol–water partition coefficient (Wildman–Crippen LogP) is 9.68. The van der Waals surface area contributed by atoms with Crippen LogP contribution in [0.1, 0.15) is 5.56 Å². The van der Waals surface area contributed by atoms with Gasteiger partial charge in [-0.15, -0.1) is 0 Å². The van der Waals surface area contributed by atoms with Gasteiger partial charge in [0, 0.05) is 10.9 Å². The number of pyridine rings is 1. The largest absolute Gasteiger partial charge is 0.232 e. The molecule has 0 saturated heterocycles. The molecule has 0 aliphatic rings. The fraction of sp³-hybridized carbons (Fsp3) is 0.0541. The first-order valence-electron chi connectivity index (χ1n) is 13.7. The van der Waals surface area contributed by atoms with E-state index in [0.717, 1.165) is 34.5 Å². The molecule has 5 aromatic carbocycles. The Morgan fingerprint density at radius 1 is 0.525 bits per heavy atom. The lowest BCUT2D eigenvalue weighted by molar-refractivity contribution is 1.01. The van der Waals surface area contributed by atoms with Crippen molar-refractivity contribution < 1.29 is 0 Å². The zero-order valence-corrected chi connectivity index (χ0v) is 23.0. The zero-order valence-electron chi connectivity index (χ0n) is 22.2. The highest BCUT2D eigenvalue weighted by Gasteiger charge is 2.30. The van der Waals surface area contributed by atoms with Crippen LogP contribution in [0.3, 0.4) is 0 Å². The number of rotatable bonds is 7. The average Bonchev–Trinajstić information content (AvgIpc) is 3.49. The van der Waals surface area contributed by atoms with Crippen LogP contribution >= 0.6 is 10.0 Å². The first-order valence-corrected chi connectivity index (χ1v) is 15.5. The number of hydrogen-bond donors (Lipinski definition) is 0. The molecule has 0 N–H and O–H groups in total. The molecule has 7 rings (SSSR count). The molecule has 194 valence electrons. The molecule has 0 spiro atoms. The number of para-hydroxylation sites is 1. The first-order chi connectivity index (χ1) is 19.8. The van der Waals surface area contributed by atoms with Crippen LogP contribution in [0.25, 0.3) is 27.7 Å². The highest BCUT2D eigenvalue weighted by atomic mass is 32.3. The number of aryl methyl sites for hydroxylation is 1. The number of benzene rings is 5. The summed E-state index contributed by atoms with van der Waals surface area (Å²) < 4.78 is 2.06. The lowest BCUT2D eigenvalue weighted by Crippen LogP contribution is -2.10. The number of nitrogens with zero attached hydrogens (tertiary/aromatic N) is 2. The highest BCUT2D eigenvalue weighted by Crippen LogP contribution is 2.68. The molecular weight excluding hydrogens is 504 g/mol. The maximum absolute atomic E-state index is 5.02. The van der Waals surface area contributed by atoms with E-state index in [-0.39, 0.29) is 0 Å². The minimum absolute atomic E-state index is 0.993. The van der Waals surface area contributed by atoms with Crippen molar-refractivity contribution in [3.63, 3.8) is 0 Å². The molecule has 2 nitrogen and oxygen atoms in total. The summed E-state index contributed by atoms with van der Waals surface area (Å²) in [5.41, 5.74) is 5.73. The lowest BCUT2D eigenvalue weighted by Gasteiger charge is -2.42. The third-order valence-electron chi connectivity index (χ3n) is 7.72. The summed E-state index contributed by atoms with van der Waals surface area (Å²) in [4.78, 5) is 4.16. The molecule has 40 heavy (non-hydrogen) atoms. The molecule has 0 radical (unpaired) electrons. The SMILES string of the molecule is c1ccc(CCS(c2ccccc2)(c2ccccc2)c2ccc(-c3cc4ccc5ccccc5n4n3)cc2)cc1. The number of hydrogen-bond acceptors (Lipinski definition) is 1. The van der Waals surface area contributed by atoms with E-state index in [1.807, 2.05) is 0 Å². The maximum Gasteiger partial charge on any atom is 0.0933 e. The normalized spacial score (nSPS) is 12.1. The Bertz CT molecular complexity index is 1840. The van der Waals surface area contributed by atoms with Gasteiger partial charge in [0.2, 0.25) is 0 Å². The fourth-order valence-electron chi connectivity index (χ4n) is 5.69. The summed E-state index contributed by atoms with van der Waals surface area (Å²) in [7, 11) is -1.51. The van der Waals surface area contributed by atoms with Gasteiger partial charge < -0.3 is 0 Å². The van der Waals surface area contributed by atoms with E-state index < -0.39 is 10.0 Å². The minimum Gasteiger partial charge on any atom is -0.232 e. The van der Waals surface area contributed by atoms with Gasteiger partial charge in [0.05, 0.1) is 16.7 Å². The van der Waals surface area contributed by atoms with E-state index in [0.29, 0.717) is 0 Å². The van der Waals surface area contributed by atoms with E-state index in [1.165, 1.54) is 25.6 Å². The summed E-state index contributed by atoms with van der Waals surface area (Å²) >= 11 is 0. The molecule has 0 amide bonds. The second-order valence-corrected chi connectivity index (χ2v) is 13.4.